The van der Waals surface area contributed by atoms with Crippen LogP contribution in [0.1, 0.15) is 11.1 Å². The molecule has 31 heavy (non-hydrogen) atoms. The largest absolute Gasteiger partial charge is 0.478 e. The van der Waals surface area contributed by atoms with Crippen LogP contribution in [0.4, 0.5) is 0 Å². The second-order valence-electron chi connectivity index (χ2n) is 6.61. The molecule has 1 aliphatic rings. The third-order valence-corrected chi connectivity index (χ3v) is 5.80. The first-order chi connectivity index (χ1) is 14.8. The maximum absolute atomic E-state index is 9.55. The maximum atomic E-state index is 9.55. The Kier molecular flexibility index (Phi) is 9.47. The molecule has 2 aromatic rings. The molecule has 2 aromatic carbocycles. The number of aliphatic carboxylic acids is 2. The predicted octanol–water partition coefficient (Wildman–Crippen LogP) is 4.69. The summed E-state index contributed by atoms with van der Waals surface area (Å²) in [4.78, 5) is 25.0. The molecule has 0 aromatic heterocycles. The summed E-state index contributed by atoms with van der Waals surface area (Å²) >= 11 is 3.60. The summed E-state index contributed by atoms with van der Waals surface area (Å²) < 4.78 is 0. The lowest BCUT2D eigenvalue weighted by Gasteiger charge is -2.08. The van der Waals surface area contributed by atoms with Crippen LogP contribution in [0.5, 0.6) is 0 Å². The fraction of sp³-hybridized carbons (Fsp3) is 0.167. The van der Waals surface area contributed by atoms with Gasteiger partial charge < -0.3 is 10.2 Å². The average Bonchev–Trinajstić information content (AvgIpc) is 2.88. The summed E-state index contributed by atoms with van der Waals surface area (Å²) in [5.74, 6) is 4.16. The van der Waals surface area contributed by atoms with Gasteiger partial charge in [-0.15, -0.1) is 11.8 Å². The third-order valence-electron chi connectivity index (χ3n) is 3.90. The summed E-state index contributed by atoms with van der Waals surface area (Å²) in [6.07, 6.45) is 5.45. The monoisotopic (exact) mass is 453 g/mol. The van der Waals surface area contributed by atoms with Crippen LogP contribution in [0.25, 0.3) is 11.6 Å². The molecule has 7 heteroatoms. The SMILES string of the molecule is CSc1ccc2c(c1)C(C#CCN(C)C)=Cc1ccccc1S2.O=C(O)/C=C\C(=O)O. The molecular formula is C24H23NO4S2. The fourth-order valence-electron chi connectivity index (χ4n) is 2.52. The van der Waals surface area contributed by atoms with Crippen LogP contribution in [0.15, 0.2) is 69.3 Å². The van der Waals surface area contributed by atoms with Crippen molar-refractivity contribution in [3.05, 3.63) is 65.7 Å². The van der Waals surface area contributed by atoms with Gasteiger partial charge in [0, 0.05) is 38.0 Å². The van der Waals surface area contributed by atoms with E-state index in [1.54, 1.807) is 11.8 Å². The number of thioether (sulfide) groups is 1. The zero-order chi connectivity index (χ0) is 22.8. The minimum absolute atomic E-state index is 0.558. The average molecular weight is 454 g/mol. The van der Waals surface area contributed by atoms with Crippen molar-refractivity contribution in [3.63, 3.8) is 0 Å². The molecular weight excluding hydrogens is 430 g/mol. The Morgan fingerprint density at radius 1 is 1.06 bits per heavy atom. The lowest BCUT2D eigenvalue weighted by molar-refractivity contribution is -0.134. The van der Waals surface area contributed by atoms with Crippen LogP contribution in [0.3, 0.4) is 0 Å². The van der Waals surface area contributed by atoms with Gasteiger partial charge in [0.2, 0.25) is 0 Å². The highest BCUT2D eigenvalue weighted by atomic mass is 32.2. The first kappa shape index (κ1) is 24.4. The first-order valence-electron chi connectivity index (χ1n) is 9.24. The van der Waals surface area contributed by atoms with Gasteiger partial charge in [-0.3, -0.25) is 4.90 Å². The Morgan fingerprint density at radius 2 is 1.74 bits per heavy atom. The molecule has 0 saturated heterocycles. The molecule has 0 atom stereocenters. The standard InChI is InChI=1S/C20H19NS2.C4H4O4/c1-21(2)12-6-8-15-13-16-7-4-5-9-19(16)23-20-11-10-17(22-3)14-18(15)20;5-3(6)1-2-4(7)8/h4-5,7,9-11,13-14H,12H2,1-3H3;1-2H,(H,5,6)(H,7,8)/b;2-1-. The summed E-state index contributed by atoms with van der Waals surface area (Å²) in [7, 11) is 4.09. The Hall–Kier alpha value is -2.92. The van der Waals surface area contributed by atoms with Crippen molar-refractivity contribution in [1.29, 1.82) is 0 Å². The molecule has 0 saturated carbocycles. The van der Waals surface area contributed by atoms with E-state index in [9.17, 15) is 9.59 Å². The number of carboxylic acids is 2. The Morgan fingerprint density at radius 3 is 2.35 bits per heavy atom. The first-order valence-corrected chi connectivity index (χ1v) is 11.3. The van der Waals surface area contributed by atoms with Crippen LogP contribution in [0, 0.1) is 11.8 Å². The highest BCUT2D eigenvalue weighted by Gasteiger charge is 2.15. The molecule has 0 bridgehead atoms. The predicted molar refractivity (Wildman–Crippen MR) is 127 cm³/mol. The van der Waals surface area contributed by atoms with E-state index in [0.29, 0.717) is 12.2 Å². The quantitative estimate of drug-likeness (QED) is 0.395. The summed E-state index contributed by atoms with van der Waals surface area (Å²) in [6, 6.07) is 15.2. The molecule has 0 amide bonds. The number of carbonyl (C=O) groups is 2. The highest BCUT2D eigenvalue weighted by Crippen LogP contribution is 2.41. The van der Waals surface area contributed by atoms with E-state index in [2.05, 4.69) is 71.5 Å². The third kappa shape index (κ3) is 8.02. The molecule has 2 N–H and O–H groups in total. The molecule has 1 heterocycles. The summed E-state index contributed by atoms with van der Waals surface area (Å²) in [5.41, 5.74) is 3.59. The van der Waals surface area contributed by atoms with Crippen molar-refractivity contribution in [1.82, 2.24) is 4.90 Å². The molecule has 0 radical (unpaired) electrons. The van der Waals surface area contributed by atoms with Gasteiger partial charge in [-0.05, 0) is 56.3 Å². The van der Waals surface area contributed by atoms with Crippen molar-refractivity contribution in [2.45, 2.75) is 14.7 Å². The van der Waals surface area contributed by atoms with E-state index in [1.807, 2.05) is 25.9 Å². The topological polar surface area (TPSA) is 77.8 Å². The molecule has 160 valence electrons. The Labute approximate surface area is 190 Å². The van der Waals surface area contributed by atoms with E-state index < -0.39 is 11.9 Å². The van der Waals surface area contributed by atoms with E-state index in [1.165, 1.54) is 25.8 Å². The number of fused-ring (bicyclic) bond motifs is 2. The zero-order valence-electron chi connectivity index (χ0n) is 17.5. The van der Waals surface area contributed by atoms with Crippen molar-refractivity contribution >= 4 is 47.1 Å². The molecule has 0 unspecified atom stereocenters. The number of hydrogen-bond acceptors (Lipinski definition) is 5. The number of allylic oxidation sites excluding steroid dienone is 1. The molecule has 1 aliphatic heterocycles. The van der Waals surface area contributed by atoms with Gasteiger partial charge in [0.05, 0.1) is 6.54 Å². The number of carboxylic acid groups (broad SMARTS) is 2. The van der Waals surface area contributed by atoms with Crippen molar-refractivity contribution < 1.29 is 19.8 Å². The lowest BCUT2D eigenvalue weighted by Crippen LogP contribution is -2.10. The molecule has 0 fully saturated rings. The van der Waals surface area contributed by atoms with Gasteiger partial charge in [-0.2, -0.15) is 0 Å². The van der Waals surface area contributed by atoms with E-state index in [-0.39, 0.29) is 0 Å². The van der Waals surface area contributed by atoms with Gasteiger partial charge in [0.1, 0.15) is 0 Å². The van der Waals surface area contributed by atoms with Gasteiger partial charge in [0.15, 0.2) is 0 Å². The maximum Gasteiger partial charge on any atom is 0.328 e. The van der Waals surface area contributed by atoms with Crippen LogP contribution in [-0.4, -0.2) is 53.9 Å². The smallest absolute Gasteiger partial charge is 0.328 e. The van der Waals surface area contributed by atoms with Gasteiger partial charge in [-0.1, -0.05) is 41.8 Å². The fourth-order valence-corrected chi connectivity index (χ4v) is 4.00. The van der Waals surface area contributed by atoms with Crippen LogP contribution < -0.4 is 0 Å². The van der Waals surface area contributed by atoms with E-state index in [0.717, 1.165) is 12.1 Å². The molecule has 0 spiro atoms. The minimum atomic E-state index is -1.26. The van der Waals surface area contributed by atoms with E-state index in [4.69, 9.17) is 10.2 Å². The normalized spacial score (nSPS) is 11.8. The van der Waals surface area contributed by atoms with Crippen LogP contribution >= 0.6 is 23.5 Å². The number of benzene rings is 2. The Balaban J connectivity index is 0.000000366. The number of rotatable bonds is 4. The van der Waals surface area contributed by atoms with Gasteiger partial charge >= 0.3 is 11.9 Å². The number of nitrogens with zero attached hydrogens (tertiary/aromatic N) is 1. The lowest BCUT2D eigenvalue weighted by atomic mass is 10.0. The summed E-state index contributed by atoms with van der Waals surface area (Å²) in [5, 5.41) is 15.6. The van der Waals surface area contributed by atoms with Gasteiger partial charge in [0.25, 0.3) is 0 Å². The molecule has 5 nitrogen and oxygen atoms in total. The van der Waals surface area contributed by atoms with Crippen molar-refractivity contribution in [2.75, 3.05) is 26.9 Å². The second kappa shape index (κ2) is 12.1. The van der Waals surface area contributed by atoms with E-state index >= 15 is 0 Å². The Bertz CT molecular complexity index is 1060. The van der Waals surface area contributed by atoms with Crippen molar-refractivity contribution in [3.8, 4) is 11.8 Å². The number of hydrogen-bond donors (Lipinski definition) is 2. The summed E-state index contributed by atoms with van der Waals surface area (Å²) in [6.45, 7) is 0.768. The van der Waals surface area contributed by atoms with Crippen LogP contribution in [-0.2, 0) is 9.59 Å². The highest BCUT2D eigenvalue weighted by molar-refractivity contribution is 7.99. The molecule has 3 rings (SSSR count). The van der Waals surface area contributed by atoms with Gasteiger partial charge in [-0.25, -0.2) is 9.59 Å². The molecule has 0 aliphatic carbocycles. The van der Waals surface area contributed by atoms with Crippen LogP contribution in [0.2, 0.25) is 0 Å². The minimum Gasteiger partial charge on any atom is -0.478 e. The zero-order valence-corrected chi connectivity index (χ0v) is 19.1. The second-order valence-corrected chi connectivity index (χ2v) is 8.57. The van der Waals surface area contributed by atoms with Crippen molar-refractivity contribution in [2.24, 2.45) is 0 Å².